The fourth-order valence-electron chi connectivity index (χ4n) is 2.11. The molecular weight excluding hydrogens is 262 g/mol. The van der Waals surface area contributed by atoms with Gasteiger partial charge in [-0.05, 0) is 40.5 Å². The number of hydrogen-bond acceptors (Lipinski definition) is 5. The molecule has 1 aliphatic heterocycles. The SMILES string of the molecule is CCOC(=O)CC(=O)[C@@H]1CCCN1C(=O)OC(C)(C)C. The highest BCUT2D eigenvalue weighted by atomic mass is 16.6. The minimum Gasteiger partial charge on any atom is -0.466 e. The molecule has 1 amide bonds. The highest BCUT2D eigenvalue weighted by Crippen LogP contribution is 2.22. The lowest BCUT2D eigenvalue weighted by molar-refractivity contribution is -0.146. The van der Waals surface area contributed by atoms with Gasteiger partial charge in [0, 0.05) is 6.54 Å². The van der Waals surface area contributed by atoms with Crippen molar-refractivity contribution < 1.29 is 23.9 Å². The van der Waals surface area contributed by atoms with E-state index in [1.165, 1.54) is 4.90 Å². The number of likely N-dealkylation sites (tertiary alicyclic amines) is 1. The van der Waals surface area contributed by atoms with Gasteiger partial charge in [0.05, 0.1) is 12.6 Å². The molecule has 0 aromatic carbocycles. The van der Waals surface area contributed by atoms with Crippen molar-refractivity contribution in [1.82, 2.24) is 4.90 Å². The van der Waals surface area contributed by atoms with E-state index in [0.717, 1.165) is 6.42 Å². The molecule has 0 saturated carbocycles. The molecule has 1 rings (SSSR count). The number of amides is 1. The lowest BCUT2D eigenvalue weighted by Gasteiger charge is -2.27. The zero-order chi connectivity index (χ0) is 15.3. The second-order valence-corrected chi connectivity index (χ2v) is 5.78. The maximum Gasteiger partial charge on any atom is 0.410 e. The van der Waals surface area contributed by atoms with Crippen molar-refractivity contribution in [1.29, 1.82) is 0 Å². The number of hydrogen-bond donors (Lipinski definition) is 0. The van der Waals surface area contributed by atoms with Gasteiger partial charge in [0.15, 0.2) is 5.78 Å². The average Bonchev–Trinajstić information content (AvgIpc) is 2.75. The molecule has 0 aromatic heterocycles. The van der Waals surface area contributed by atoms with Crippen LogP contribution in [0.25, 0.3) is 0 Å². The van der Waals surface area contributed by atoms with Crippen LogP contribution in [0.15, 0.2) is 0 Å². The third-order valence-electron chi connectivity index (χ3n) is 2.88. The number of esters is 1. The van der Waals surface area contributed by atoms with Crippen LogP contribution in [0.5, 0.6) is 0 Å². The number of Topliss-reactive ketones (excluding diaryl/α,β-unsaturated/α-hetero) is 1. The number of ketones is 1. The first-order valence-corrected chi connectivity index (χ1v) is 6.92. The minimum atomic E-state index is -0.603. The van der Waals surface area contributed by atoms with Crippen LogP contribution in [-0.4, -0.2) is 47.5 Å². The summed E-state index contributed by atoms with van der Waals surface area (Å²) in [5.41, 5.74) is -0.603. The second-order valence-electron chi connectivity index (χ2n) is 5.78. The molecule has 6 heteroatoms. The molecular formula is C14H23NO5. The highest BCUT2D eigenvalue weighted by molar-refractivity contribution is 5.99. The Morgan fingerprint density at radius 1 is 1.25 bits per heavy atom. The standard InChI is InChI=1S/C14H23NO5/c1-5-19-12(17)9-11(16)10-7-6-8-15(10)13(18)20-14(2,3)4/h10H,5-9H2,1-4H3/t10-/m0/s1. The van der Waals surface area contributed by atoms with Crippen molar-refractivity contribution in [2.24, 2.45) is 0 Å². The van der Waals surface area contributed by atoms with E-state index in [9.17, 15) is 14.4 Å². The van der Waals surface area contributed by atoms with Crippen LogP contribution in [-0.2, 0) is 19.1 Å². The third kappa shape index (κ3) is 4.83. The van der Waals surface area contributed by atoms with Gasteiger partial charge in [0.25, 0.3) is 0 Å². The zero-order valence-electron chi connectivity index (χ0n) is 12.6. The molecule has 0 N–H and O–H groups in total. The maximum atomic E-state index is 12.1. The van der Waals surface area contributed by atoms with Crippen molar-refractivity contribution >= 4 is 17.8 Å². The minimum absolute atomic E-state index is 0.243. The molecule has 0 bridgehead atoms. The van der Waals surface area contributed by atoms with Crippen LogP contribution in [0.3, 0.4) is 0 Å². The van der Waals surface area contributed by atoms with E-state index in [-0.39, 0.29) is 18.8 Å². The number of carbonyl (C=O) groups excluding carboxylic acids is 3. The predicted octanol–water partition coefficient (Wildman–Crippen LogP) is 1.91. The Kier molecular flexibility index (Phi) is 5.53. The largest absolute Gasteiger partial charge is 0.466 e. The van der Waals surface area contributed by atoms with Crippen LogP contribution in [0.4, 0.5) is 4.79 Å². The van der Waals surface area contributed by atoms with Crippen LogP contribution in [0.1, 0.15) is 47.0 Å². The fraction of sp³-hybridized carbons (Fsp3) is 0.786. The molecule has 20 heavy (non-hydrogen) atoms. The summed E-state index contributed by atoms with van der Waals surface area (Å²) < 4.78 is 10.0. The van der Waals surface area contributed by atoms with Crippen molar-refractivity contribution in [3.63, 3.8) is 0 Å². The van der Waals surface area contributed by atoms with Crippen molar-refractivity contribution in [2.75, 3.05) is 13.2 Å². The quantitative estimate of drug-likeness (QED) is 0.582. The van der Waals surface area contributed by atoms with E-state index < -0.39 is 23.7 Å². The molecule has 0 spiro atoms. The van der Waals surface area contributed by atoms with Gasteiger partial charge in [-0.3, -0.25) is 14.5 Å². The van der Waals surface area contributed by atoms with Crippen molar-refractivity contribution in [2.45, 2.75) is 58.6 Å². The maximum absolute atomic E-state index is 12.1. The van der Waals surface area contributed by atoms with Gasteiger partial charge < -0.3 is 9.47 Å². The molecule has 1 fully saturated rings. The summed E-state index contributed by atoms with van der Waals surface area (Å²) in [6.45, 7) is 7.73. The number of rotatable bonds is 4. The molecule has 0 unspecified atom stereocenters. The number of ether oxygens (including phenoxy) is 2. The fourth-order valence-corrected chi connectivity index (χ4v) is 2.11. The number of nitrogens with zero attached hydrogens (tertiary/aromatic N) is 1. The normalized spacial score (nSPS) is 18.8. The molecule has 1 atom stereocenters. The summed E-state index contributed by atoms with van der Waals surface area (Å²) in [6, 6.07) is -0.575. The van der Waals surface area contributed by atoms with Crippen LogP contribution < -0.4 is 0 Å². The van der Waals surface area contributed by atoms with Crippen LogP contribution in [0.2, 0.25) is 0 Å². The van der Waals surface area contributed by atoms with E-state index in [1.54, 1.807) is 27.7 Å². The molecule has 114 valence electrons. The summed E-state index contributed by atoms with van der Waals surface area (Å²) in [4.78, 5) is 36.8. The lowest BCUT2D eigenvalue weighted by Crippen LogP contribution is -2.43. The Morgan fingerprint density at radius 3 is 2.45 bits per heavy atom. The molecule has 0 aromatic rings. The summed E-state index contributed by atoms with van der Waals surface area (Å²) >= 11 is 0. The van der Waals surface area contributed by atoms with Gasteiger partial charge in [-0.2, -0.15) is 0 Å². The van der Waals surface area contributed by atoms with Gasteiger partial charge >= 0.3 is 12.1 Å². The number of carbonyl (C=O) groups is 3. The molecule has 1 heterocycles. The molecule has 1 saturated heterocycles. The Hall–Kier alpha value is -1.59. The van der Waals surface area contributed by atoms with Crippen molar-refractivity contribution in [3.05, 3.63) is 0 Å². The van der Waals surface area contributed by atoms with Gasteiger partial charge in [0.1, 0.15) is 12.0 Å². The summed E-state index contributed by atoms with van der Waals surface area (Å²) in [5.74, 6) is -0.833. The molecule has 6 nitrogen and oxygen atoms in total. The second kappa shape index (κ2) is 6.72. The van der Waals surface area contributed by atoms with Crippen LogP contribution in [0, 0.1) is 0 Å². The molecule has 1 aliphatic rings. The topological polar surface area (TPSA) is 72.9 Å². The van der Waals surface area contributed by atoms with Gasteiger partial charge in [0.2, 0.25) is 0 Å². The summed E-state index contributed by atoms with van der Waals surface area (Å²) in [6.07, 6.45) is 0.505. The predicted molar refractivity (Wildman–Crippen MR) is 72.2 cm³/mol. The van der Waals surface area contributed by atoms with Gasteiger partial charge in [-0.15, -0.1) is 0 Å². The smallest absolute Gasteiger partial charge is 0.410 e. The average molecular weight is 285 g/mol. The van der Waals surface area contributed by atoms with Gasteiger partial charge in [-0.25, -0.2) is 4.79 Å². The van der Waals surface area contributed by atoms with Crippen LogP contribution >= 0.6 is 0 Å². The van der Waals surface area contributed by atoms with Crippen molar-refractivity contribution in [3.8, 4) is 0 Å². The van der Waals surface area contributed by atoms with E-state index in [0.29, 0.717) is 13.0 Å². The Bertz CT molecular complexity index is 386. The first-order valence-electron chi connectivity index (χ1n) is 6.92. The Balaban J connectivity index is 2.62. The monoisotopic (exact) mass is 285 g/mol. The highest BCUT2D eigenvalue weighted by Gasteiger charge is 2.37. The lowest BCUT2D eigenvalue weighted by atomic mass is 10.1. The first-order chi connectivity index (χ1) is 9.24. The Morgan fingerprint density at radius 2 is 1.90 bits per heavy atom. The third-order valence-corrected chi connectivity index (χ3v) is 2.88. The van der Waals surface area contributed by atoms with Gasteiger partial charge in [-0.1, -0.05) is 0 Å². The summed E-state index contributed by atoms with van der Waals surface area (Å²) in [5, 5.41) is 0. The first kappa shape index (κ1) is 16.5. The van der Waals surface area contributed by atoms with E-state index in [2.05, 4.69) is 0 Å². The summed E-state index contributed by atoms with van der Waals surface area (Å²) in [7, 11) is 0. The molecule has 0 aliphatic carbocycles. The molecule has 0 radical (unpaired) electrons. The van der Waals surface area contributed by atoms with E-state index >= 15 is 0 Å². The Labute approximate surface area is 119 Å². The zero-order valence-corrected chi connectivity index (χ0v) is 12.6. The van der Waals surface area contributed by atoms with E-state index in [1.807, 2.05) is 0 Å². The van der Waals surface area contributed by atoms with E-state index in [4.69, 9.17) is 9.47 Å².